The Labute approximate surface area is 250 Å². The van der Waals surface area contributed by atoms with Crippen molar-refractivity contribution in [3.63, 3.8) is 0 Å². The summed E-state index contributed by atoms with van der Waals surface area (Å²) in [5.74, 6) is -0.818. The Kier molecular flexibility index (Phi) is 10.5. The van der Waals surface area contributed by atoms with Crippen LogP contribution in [0.25, 0.3) is 0 Å². The van der Waals surface area contributed by atoms with Gasteiger partial charge in [0.1, 0.15) is 11.8 Å². The highest BCUT2D eigenvalue weighted by Gasteiger charge is 2.21. The third-order valence-electron chi connectivity index (χ3n) is 6.55. The van der Waals surface area contributed by atoms with Gasteiger partial charge in [-0.05, 0) is 60.5 Å². The van der Waals surface area contributed by atoms with Crippen molar-refractivity contribution in [1.29, 1.82) is 0 Å². The molecule has 8 heteroatoms. The molecule has 0 bridgehead atoms. The van der Waals surface area contributed by atoms with E-state index in [9.17, 15) is 19.5 Å². The van der Waals surface area contributed by atoms with Gasteiger partial charge in [0.05, 0.1) is 6.61 Å². The second kappa shape index (κ2) is 14.7. The van der Waals surface area contributed by atoms with Crippen LogP contribution >= 0.6 is 11.6 Å². The summed E-state index contributed by atoms with van der Waals surface area (Å²) in [4.78, 5) is 39.1. The van der Waals surface area contributed by atoms with E-state index in [1.54, 1.807) is 83.8 Å². The number of benzene rings is 4. The maximum atomic E-state index is 13.1. The first-order valence-corrected chi connectivity index (χ1v) is 13.8. The first-order valence-electron chi connectivity index (χ1n) is 13.4. The number of carboxylic acids is 1. The number of hydrogen-bond donors (Lipinski definition) is 2. The molecule has 0 fully saturated rings. The van der Waals surface area contributed by atoms with E-state index in [1.807, 2.05) is 24.3 Å². The lowest BCUT2D eigenvalue weighted by Crippen LogP contribution is -2.32. The fourth-order valence-electron chi connectivity index (χ4n) is 4.43. The number of nitrogens with one attached hydrogen (secondary N) is 1. The van der Waals surface area contributed by atoms with Crippen LogP contribution in [-0.2, 0) is 16.0 Å². The molecule has 0 saturated carbocycles. The lowest BCUT2D eigenvalue weighted by molar-refractivity contribution is -0.137. The van der Waals surface area contributed by atoms with Gasteiger partial charge in [0.2, 0.25) is 5.91 Å². The smallest absolute Gasteiger partial charge is 0.326 e. The number of amides is 1. The van der Waals surface area contributed by atoms with E-state index in [4.69, 9.17) is 16.3 Å². The normalized spacial score (nSPS) is 11.3. The Morgan fingerprint density at radius 3 is 2.33 bits per heavy atom. The van der Waals surface area contributed by atoms with E-state index in [2.05, 4.69) is 11.9 Å². The van der Waals surface area contributed by atoms with Gasteiger partial charge in [0.25, 0.3) is 0 Å². The quantitative estimate of drug-likeness (QED) is 0.0979. The van der Waals surface area contributed by atoms with Crippen molar-refractivity contribution >= 4 is 40.6 Å². The molecular weight excluding hydrogens is 552 g/mol. The summed E-state index contributed by atoms with van der Waals surface area (Å²) in [7, 11) is 0. The third kappa shape index (κ3) is 8.08. The predicted octanol–water partition coefficient (Wildman–Crippen LogP) is 6.67. The number of ether oxygens (including phenoxy) is 1. The van der Waals surface area contributed by atoms with Crippen molar-refractivity contribution in [1.82, 2.24) is 0 Å². The number of para-hydroxylation sites is 1. The molecule has 7 nitrogen and oxygen atoms in total. The minimum atomic E-state index is -1.03. The summed E-state index contributed by atoms with van der Waals surface area (Å²) >= 11 is 6.08. The van der Waals surface area contributed by atoms with Gasteiger partial charge in [-0.2, -0.15) is 0 Å². The van der Waals surface area contributed by atoms with Gasteiger partial charge in [-0.1, -0.05) is 78.8 Å². The summed E-state index contributed by atoms with van der Waals surface area (Å²) < 4.78 is 5.86. The SMILES string of the molecule is C=CC(=O)N(CCCOc1ccc(CC(Nc2ccccc2C(=O)c2ccccc2)C(=O)O)cc1)c1cccc(Cl)c1. The van der Waals surface area contributed by atoms with Gasteiger partial charge < -0.3 is 20.1 Å². The molecule has 1 amide bonds. The molecule has 0 heterocycles. The predicted molar refractivity (Wildman–Crippen MR) is 166 cm³/mol. The number of hydrogen-bond acceptors (Lipinski definition) is 5. The third-order valence-corrected chi connectivity index (χ3v) is 6.79. The van der Waals surface area contributed by atoms with Crippen LogP contribution in [0.1, 0.15) is 27.9 Å². The Bertz CT molecular complexity index is 1540. The standard InChI is InChI=1S/C34H31ClN2O5/c1-2-32(38)37(27-13-8-12-26(35)23-27)20-9-21-42-28-18-16-24(17-19-28)22-31(34(40)41)36-30-15-7-6-14-29(30)33(39)25-10-4-3-5-11-25/h2-8,10-19,23,31,36H,1,9,20-22H2,(H,40,41). The van der Waals surface area contributed by atoms with E-state index < -0.39 is 12.0 Å². The molecule has 4 rings (SSSR count). The topological polar surface area (TPSA) is 95.9 Å². The molecule has 0 aliphatic rings. The van der Waals surface area contributed by atoms with Gasteiger partial charge in [0, 0.05) is 40.5 Å². The maximum Gasteiger partial charge on any atom is 0.326 e. The molecule has 42 heavy (non-hydrogen) atoms. The van der Waals surface area contributed by atoms with Crippen molar-refractivity contribution < 1.29 is 24.2 Å². The van der Waals surface area contributed by atoms with Crippen molar-refractivity contribution in [2.45, 2.75) is 18.9 Å². The molecule has 1 unspecified atom stereocenters. The second-order valence-electron chi connectivity index (χ2n) is 9.50. The Hall–Kier alpha value is -4.88. The number of halogens is 1. The Morgan fingerprint density at radius 1 is 0.929 bits per heavy atom. The fourth-order valence-corrected chi connectivity index (χ4v) is 4.62. The number of nitrogens with zero attached hydrogens (tertiary/aromatic N) is 1. The second-order valence-corrected chi connectivity index (χ2v) is 9.94. The average molecular weight is 583 g/mol. The summed E-state index contributed by atoms with van der Waals surface area (Å²) in [6, 6.07) is 29.1. The van der Waals surface area contributed by atoms with Crippen LogP contribution in [0, 0.1) is 0 Å². The first-order chi connectivity index (χ1) is 20.4. The number of aliphatic carboxylic acids is 1. The van der Waals surface area contributed by atoms with Crippen LogP contribution in [0.5, 0.6) is 5.75 Å². The van der Waals surface area contributed by atoms with E-state index in [0.717, 1.165) is 5.56 Å². The van der Waals surface area contributed by atoms with E-state index in [1.165, 1.54) is 6.08 Å². The van der Waals surface area contributed by atoms with Crippen LogP contribution in [0.3, 0.4) is 0 Å². The molecule has 0 aliphatic carbocycles. The van der Waals surface area contributed by atoms with Crippen molar-refractivity contribution in [3.8, 4) is 5.75 Å². The molecule has 0 saturated heterocycles. The lowest BCUT2D eigenvalue weighted by atomic mass is 10.00. The highest BCUT2D eigenvalue weighted by Crippen LogP contribution is 2.23. The fraction of sp³-hybridized carbons (Fsp3) is 0.147. The van der Waals surface area contributed by atoms with E-state index in [-0.39, 0.29) is 18.1 Å². The van der Waals surface area contributed by atoms with Gasteiger partial charge in [0.15, 0.2) is 5.78 Å². The highest BCUT2D eigenvalue weighted by molar-refractivity contribution is 6.31. The molecule has 214 valence electrons. The Morgan fingerprint density at radius 2 is 1.64 bits per heavy atom. The molecule has 1 atom stereocenters. The zero-order chi connectivity index (χ0) is 29.9. The number of carbonyl (C=O) groups is 3. The summed E-state index contributed by atoms with van der Waals surface area (Å²) in [5.41, 5.74) is 2.87. The molecule has 0 aliphatic heterocycles. The minimum Gasteiger partial charge on any atom is -0.494 e. The molecule has 0 aromatic heterocycles. The molecule has 4 aromatic rings. The summed E-state index contributed by atoms with van der Waals surface area (Å²) in [6.45, 7) is 4.37. The van der Waals surface area contributed by atoms with Gasteiger partial charge in [-0.3, -0.25) is 9.59 Å². The van der Waals surface area contributed by atoms with Gasteiger partial charge >= 0.3 is 5.97 Å². The van der Waals surface area contributed by atoms with E-state index in [0.29, 0.717) is 52.8 Å². The number of rotatable bonds is 14. The zero-order valence-electron chi connectivity index (χ0n) is 22.9. The lowest BCUT2D eigenvalue weighted by Gasteiger charge is -2.21. The average Bonchev–Trinajstić information content (AvgIpc) is 3.01. The molecule has 4 aromatic carbocycles. The van der Waals surface area contributed by atoms with Crippen molar-refractivity contribution in [2.24, 2.45) is 0 Å². The van der Waals surface area contributed by atoms with Crippen molar-refractivity contribution in [3.05, 3.63) is 137 Å². The van der Waals surface area contributed by atoms with Gasteiger partial charge in [-0.15, -0.1) is 0 Å². The Balaban J connectivity index is 1.34. The minimum absolute atomic E-state index is 0.186. The molecule has 0 radical (unpaired) electrons. The van der Waals surface area contributed by atoms with Gasteiger partial charge in [-0.25, -0.2) is 4.79 Å². The van der Waals surface area contributed by atoms with Crippen LogP contribution in [0.4, 0.5) is 11.4 Å². The first kappa shape index (κ1) is 30.1. The van der Waals surface area contributed by atoms with Crippen LogP contribution < -0.4 is 15.0 Å². The van der Waals surface area contributed by atoms with Crippen LogP contribution in [-0.4, -0.2) is 42.0 Å². The summed E-state index contributed by atoms with van der Waals surface area (Å²) in [6.07, 6.45) is 2.03. The largest absolute Gasteiger partial charge is 0.494 e. The van der Waals surface area contributed by atoms with E-state index >= 15 is 0 Å². The highest BCUT2D eigenvalue weighted by atomic mass is 35.5. The number of anilines is 2. The van der Waals surface area contributed by atoms with Crippen LogP contribution in [0.15, 0.2) is 116 Å². The van der Waals surface area contributed by atoms with Crippen molar-refractivity contribution in [2.75, 3.05) is 23.4 Å². The maximum absolute atomic E-state index is 13.1. The number of carbonyl (C=O) groups excluding carboxylic acids is 2. The zero-order valence-corrected chi connectivity index (χ0v) is 23.7. The molecule has 2 N–H and O–H groups in total. The number of ketones is 1. The molecular formula is C34H31ClN2O5. The monoisotopic (exact) mass is 582 g/mol. The summed E-state index contributed by atoms with van der Waals surface area (Å²) in [5, 5.41) is 13.5. The van der Waals surface area contributed by atoms with Crippen LogP contribution in [0.2, 0.25) is 5.02 Å². The number of carboxylic acid groups (broad SMARTS) is 1. The molecule has 0 spiro atoms.